The zero-order chi connectivity index (χ0) is 38.2. The lowest BCUT2D eigenvalue weighted by atomic mass is 10.1. The summed E-state index contributed by atoms with van der Waals surface area (Å²) in [5, 5.41) is 13.2. The van der Waals surface area contributed by atoms with Gasteiger partial charge in [0.2, 0.25) is 0 Å². The second-order valence-electron chi connectivity index (χ2n) is 15.2. The molecule has 0 amide bonds. The number of rotatable bonds is 6. The molecular formula is C54H36N2SSi. The summed E-state index contributed by atoms with van der Waals surface area (Å²) in [4.78, 5) is 0. The van der Waals surface area contributed by atoms with Crippen molar-refractivity contribution < 1.29 is 0 Å². The monoisotopic (exact) mass is 772 g/mol. The van der Waals surface area contributed by atoms with Crippen LogP contribution in [0.15, 0.2) is 218 Å². The van der Waals surface area contributed by atoms with Crippen molar-refractivity contribution in [1.29, 1.82) is 0 Å². The van der Waals surface area contributed by atoms with Crippen molar-refractivity contribution in [2.24, 2.45) is 0 Å². The molecule has 0 fully saturated rings. The number of hydrogen-bond acceptors (Lipinski definition) is 1. The summed E-state index contributed by atoms with van der Waals surface area (Å²) in [6, 6.07) is 81.6. The third kappa shape index (κ3) is 4.70. The first-order chi connectivity index (χ1) is 28.8. The van der Waals surface area contributed by atoms with E-state index in [1.54, 1.807) is 0 Å². The number of nitrogens with zero attached hydrogens (tertiary/aromatic N) is 2. The smallest absolute Gasteiger partial charge is 0.181 e. The predicted octanol–water partition coefficient (Wildman–Crippen LogP) is 11.6. The third-order valence-corrected chi connectivity index (χ3v) is 18.2. The molecule has 0 aliphatic rings. The van der Waals surface area contributed by atoms with Gasteiger partial charge in [-0.15, -0.1) is 11.3 Å². The topological polar surface area (TPSA) is 9.86 Å². The summed E-state index contributed by atoms with van der Waals surface area (Å²) in [7, 11) is -3.07. The molecule has 58 heavy (non-hydrogen) atoms. The van der Waals surface area contributed by atoms with Gasteiger partial charge in [0.25, 0.3) is 0 Å². The predicted molar refractivity (Wildman–Crippen MR) is 252 cm³/mol. The highest BCUT2D eigenvalue weighted by Crippen LogP contribution is 2.43. The largest absolute Gasteiger partial charge is 0.309 e. The molecule has 272 valence electrons. The zero-order valence-corrected chi connectivity index (χ0v) is 33.4. The normalized spacial score (nSPS) is 12.1. The summed E-state index contributed by atoms with van der Waals surface area (Å²) in [5.41, 5.74) is 7.26. The van der Waals surface area contributed by atoms with E-state index in [4.69, 9.17) is 0 Å². The van der Waals surface area contributed by atoms with Crippen LogP contribution < -0.4 is 20.7 Å². The van der Waals surface area contributed by atoms with Crippen LogP contribution in [0.1, 0.15) is 0 Å². The molecule has 0 aliphatic carbocycles. The van der Waals surface area contributed by atoms with Gasteiger partial charge in [-0.2, -0.15) is 0 Å². The van der Waals surface area contributed by atoms with Crippen molar-refractivity contribution in [2.75, 3.05) is 0 Å². The second-order valence-corrected chi connectivity index (χ2v) is 20.1. The van der Waals surface area contributed by atoms with Crippen LogP contribution in [0.4, 0.5) is 0 Å². The molecule has 9 aromatic carbocycles. The van der Waals surface area contributed by atoms with E-state index in [1.165, 1.54) is 90.2 Å². The average molecular weight is 773 g/mol. The summed E-state index contributed by atoms with van der Waals surface area (Å²) in [5.74, 6) is 0. The van der Waals surface area contributed by atoms with Gasteiger partial charge >= 0.3 is 0 Å². The molecule has 0 aliphatic heterocycles. The lowest BCUT2D eigenvalue weighted by molar-refractivity contribution is 1.18. The van der Waals surface area contributed by atoms with Crippen molar-refractivity contribution >= 4 is 104 Å². The van der Waals surface area contributed by atoms with Gasteiger partial charge in [0.15, 0.2) is 8.07 Å². The maximum Gasteiger partial charge on any atom is 0.181 e. The van der Waals surface area contributed by atoms with E-state index in [9.17, 15) is 0 Å². The van der Waals surface area contributed by atoms with Crippen molar-refractivity contribution in [3.8, 4) is 11.4 Å². The van der Waals surface area contributed by atoms with E-state index in [-0.39, 0.29) is 0 Å². The quantitative estimate of drug-likeness (QED) is 0.118. The van der Waals surface area contributed by atoms with Crippen molar-refractivity contribution in [1.82, 2.24) is 9.13 Å². The molecule has 0 spiro atoms. The fourth-order valence-electron chi connectivity index (χ4n) is 9.94. The van der Waals surface area contributed by atoms with Gasteiger partial charge in [-0.1, -0.05) is 164 Å². The molecule has 0 radical (unpaired) electrons. The Hall–Kier alpha value is -6.98. The van der Waals surface area contributed by atoms with E-state index in [2.05, 4.69) is 228 Å². The summed E-state index contributed by atoms with van der Waals surface area (Å²) in [6.07, 6.45) is 0. The number of fused-ring (bicyclic) bond motifs is 10. The molecule has 3 heterocycles. The van der Waals surface area contributed by atoms with E-state index in [0.717, 1.165) is 5.69 Å². The molecular weight excluding hydrogens is 737 g/mol. The number of para-hydroxylation sites is 4. The second kappa shape index (κ2) is 13.0. The summed E-state index contributed by atoms with van der Waals surface area (Å²) >= 11 is 1.88. The first-order valence-electron chi connectivity index (χ1n) is 19.9. The number of aromatic nitrogens is 2. The standard InChI is InChI=1S/C54H36N2SSi/c1-4-18-37(19-5-1)56-46-30-13-10-26-42(46)43-29-17-33-51(54(43)56)58(39-21-6-2-7-22-39,40-23-8-3-9-24-40)41-25-16-20-38(36-41)55-47-31-14-11-27-44(47)52-48(55)34-35-50-53(52)45-28-12-15-32-49(45)57-50/h1-36H. The number of hydrogen-bond donors (Lipinski definition) is 0. The minimum absolute atomic E-state index is 1.16. The molecule has 2 nitrogen and oxygen atoms in total. The first kappa shape index (κ1) is 33.2. The molecule has 4 heteroatoms. The Morgan fingerprint density at radius 3 is 1.62 bits per heavy atom. The third-order valence-electron chi connectivity index (χ3n) is 12.2. The van der Waals surface area contributed by atoms with Crippen LogP contribution >= 0.6 is 11.3 Å². The minimum atomic E-state index is -3.07. The fourth-order valence-corrected chi connectivity index (χ4v) is 16.0. The Kier molecular flexibility index (Phi) is 7.46. The van der Waals surface area contributed by atoms with Crippen LogP contribution in [0, 0.1) is 0 Å². The highest BCUT2D eigenvalue weighted by molar-refractivity contribution is 7.26. The summed E-state index contributed by atoms with van der Waals surface area (Å²) in [6.45, 7) is 0. The number of benzene rings is 9. The Morgan fingerprint density at radius 2 is 0.879 bits per heavy atom. The van der Waals surface area contributed by atoms with Crippen LogP contribution in [0.2, 0.25) is 0 Å². The molecule has 0 N–H and O–H groups in total. The Labute approximate surface area is 341 Å². The molecule has 12 aromatic rings. The van der Waals surface area contributed by atoms with Crippen LogP contribution in [-0.2, 0) is 0 Å². The van der Waals surface area contributed by atoms with Crippen LogP contribution in [0.5, 0.6) is 0 Å². The Morgan fingerprint density at radius 1 is 0.328 bits per heavy atom. The van der Waals surface area contributed by atoms with E-state index in [0.29, 0.717) is 0 Å². The molecule has 0 saturated carbocycles. The van der Waals surface area contributed by atoms with Gasteiger partial charge in [-0.3, -0.25) is 0 Å². The van der Waals surface area contributed by atoms with Crippen LogP contribution in [0.25, 0.3) is 75.2 Å². The fraction of sp³-hybridized carbons (Fsp3) is 0. The van der Waals surface area contributed by atoms with Gasteiger partial charge in [0.05, 0.1) is 22.1 Å². The molecule has 0 unspecified atom stereocenters. The maximum atomic E-state index is 2.52. The maximum absolute atomic E-state index is 3.07. The molecule has 12 rings (SSSR count). The molecule has 0 atom stereocenters. The molecule has 0 bridgehead atoms. The van der Waals surface area contributed by atoms with Crippen LogP contribution in [0.3, 0.4) is 0 Å². The Balaban J connectivity index is 1.22. The molecule has 3 aromatic heterocycles. The van der Waals surface area contributed by atoms with E-state index >= 15 is 0 Å². The van der Waals surface area contributed by atoms with Crippen molar-refractivity contribution in [2.45, 2.75) is 0 Å². The molecule has 0 saturated heterocycles. The minimum Gasteiger partial charge on any atom is -0.309 e. The average Bonchev–Trinajstić information content (AvgIpc) is 3.96. The van der Waals surface area contributed by atoms with Gasteiger partial charge < -0.3 is 9.13 Å². The van der Waals surface area contributed by atoms with Gasteiger partial charge in [0, 0.05) is 53.1 Å². The SMILES string of the molecule is c1ccc(-n2c3ccccc3c3cccc([Si](c4ccccc4)(c4ccccc4)c4cccc(-n5c6ccccc6c6c7c(ccc65)sc5ccccc57)c4)c32)cc1. The van der Waals surface area contributed by atoms with Crippen LogP contribution in [-0.4, -0.2) is 17.2 Å². The van der Waals surface area contributed by atoms with Crippen molar-refractivity contribution in [3.05, 3.63) is 218 Å². The zero-order valence-electron chi connectivity index (χ0n) is 31.6. The summed E-state index contributed by atoms with van der Waals surface area (Å²) < 4.78 is 7.68. The highest BCUT2D eigenvalue weighted by atomic mass is 32.1. The number of thiophene rings is 1. The lowest BCUT2D eigenvalue weighted by Crippen LogP contribution is -2.75. The van der Waals surface area contributed by atoms with Gasteiger partial charge in [-0.05, 0) is 75.3 Å². The first-order valence-corrected chi connectivity index (χ1v) is 22.8. The highest BCUT2D eigenvalue weighted by Gasteiger charge is 2.44. The van der Waals surface area contributed by atoms with Crippen molar-refractivity contribution in [3.63, 3.8) is 0 Å². The van der Waals surface area contributed by atoms with E-state index in [1.807, 2.05) is 11.3 Å². The van der Waals surface area contributed by atoms with Gasteiger partial charge in [0.1, 0.15) is 0 Å². The Bertz CT molecular complexity index is 3470. The lowest BCUT2D eigenvalue weighted by Gasteiger charge is -2.35. The van der Waals surface area contributed by atoms with Gasteiger partial charge in [-0.25, -0.2) is 0 Å². The van der Waals surface area contributed by atoms with E-state index < -0.39 is 8.07 Å².